The van der Waals surface area contributed by atoms with Crippen LogP contribution in [0, 0.1) is 5.82 Å². The summed E-state index contributed by atoms with van der Waals surface area (Å²) >= 11 is 0. The van der Waals surface area contributed by atoms with Crippen molar-refractivity contribution in [3.8, 4) is 0 Å². The first-order valence-electron chi connectivity index (χ1n) is 7.69. The number of alkyl halides is 3. The smallest absolute Gasteiger partial charge is 0.350 e. The summed E-state index contributed by atoms with van der Waals surface area (Å²) in [6.07, 6.45) is -4.62. The van der Waals surface area contributed by atoms with Crippen molar-refractivity contribution in [3.05, 3.63) is 65.5 Å². The Morgan fingerprint density at radius 3 is 2.27 bits per heavy atom. The Kier molecular flexibility index (Phi) is 5.97. The molecule has 0 heterocycles. The van der Waals surface area contributed by atoms with Crippen molar-refractivity contribution in [3.63, 3.8) is 0 Å². The summed E-state index contributed by atoms with van der Waals surface area (Å²) in [7, 11) is 0. The largest absolute Gasteiger partial charge is 0.418 e. The molecule has 2 aromatic rings. The van der Waals surface area contributed by atoms with Crippen LogP contribution in [0.3, 0.4) is 0 Å². The number of nitrogens with one attached hydrogen (secondary N) is 1. The molecule has 1 N–H and O–H groups in total. The lowest BCUT2D eigenvalue weighted by atomic mass is 10.1. The van der Waals surface area contributed by atoms with Crippen LogP contribution in [-0.4, -0.2) is 24.9 Å². The molecule has 138 valence electrons. The van der Waals surface area contributed by atoms with Crippen molar-refractivity contribution < 1.29 is 27.2 Å². The lowest BCUT2D eigenvalue weighted by molar-refractivity contribution is -0.137. The molecule has 0 aliphatic carbocycles. The number of rotatable bonds is 5. The topological polar surface area (TPSA) is 49.4 Å². The second kappa shape index (κ2) is 7.99. The van der Waals surface area contributed by atoms with Gasteiger partial charge >= 0.3 is 6.18 Å². The molecular formula is C18H16F4N2O2. The fourth-order valence-electron chi connectivity index (χ4n) is 2.42. The van der Waals surface area contributed by atoms with E-state index in [1.807, 2.05) is 0 Å². The average Bonchev–Trinajstić information content (AvgIpc) is 2.58. The monoisotopic (exact) mass is 368 g/mol. The first kappa shape index (κ1) is 19.4. The zero-order chi connectivity index (χ0) is 19.3. The molecule has 0 bridgehead atoms. The second-order valence-electron chi connectivity index (χ2n) is 5.42. The summed E-state index contributed by atoms with van der Waals surface area (Å²) < 4.78 is 53.0. The minimum absolute atomic E-state index is 0.140. The van der Waals surface area contributed by atoms with Crippen LogP contribution in [0.25, 0.3) is 0 Å². The van der Waals surface area contributed by atoms with Crippen LogP contribution in [0.5, 0.6) is 0 Å². The Hall–Kier alpha value is -2.90. The number of halogens is 4. The molecule has 4 nitrogen and oxygen atoms in total. The highest BCUT2D eigenvalue weighted by Gasteiger charge is 2.35. The van der Waals surface area contributed by atoms with E-state index in [0.29, 0.717) is 0 Å². The number of anilines is 1. The Morgan fingerprint density at radius 2 is 1.65 bits per heavy atom. The third-order valence-corrected chi connectivity index (χ3v) is 3.62. The fourth-order valence-corrected chi connectivity index (χ4v) is 2.42. The van der Waals surface area contributed by atoms with Gasteiger partial charge in [-0.15, -0.1) is 0 Å². The molecule has 0 unspecified atom stereocenters. The standard InChI is InChI=1S/C18H16F4N2O2/c1-12(25)24(16-9-5-3-7-14(16)18(20,21)22)11-10-23-17(26)13-6-2-4-8-15(13)19/h2-9H,10-11H2,1H3,(H,23,26). The van der Waals surface area contributed by atoms with Crippen molar-refractivity contribution in [2.45, 2.75) is 13.1 Å². The van der Waals surface area contributed by atoms with Gasteiger partial charge in [-0.1, -0.05) is 24.3 Å². The molecule has 0 saturated carbocycles. The van der Waals surface area contributed by atoms with E-state index in [1.54, 1.807) is 0 Å². The van der Waals surface area contributed by atoms with Crippen LogP contribution in [-0.2, 0) is 11.0 Å². The van der Waals surface area contributed by atoms with Crippen LogP contribution < -0.4 is 10.2 Å². The number of amides is 2. The maximum atomic E-state index is 13.6. The molecule has 0 radical (unpaired) electrons. The molecule has 0 aromatic heterocycles. The molecule has 0 aliphatic rings. The Morgan fingerprint density at radius 1 is 1.04 bits per heavy atom. The summed E-state index contributed by atoms with van der Waals surface area (Å²) in [5.41, 5.74) is -1.43. The first-order valence-corrected chi connectivity index (χ1v) is 7.69. The highest BCUT2D eigenvalue weighted by atomic mass is 19.4. The van der Waals surface area contributed by atoms with E-state index in [0.717, 1.165) is 24.0 Å². The van der Waals surface area contributed by atoms with E-state index >= 15 is 0 Å². The van der Waals surface area contributed by atoms with Gasteiger partial charge in [0.1, 0.15) is 5.82 Å². The highest BCUT2D eigenvalue weighted by molar-refractivity contribution is 5.95. The van der Waals surface area contributed by atoms with Gasteiger partial charge in [0.05, 0.1) is 16.8 Å². The van der Waals surface area contributed by atoms with E-state index in [-0.39, 0.29) is 24.3 Å². The Labute approximate surface area is 147 Å². The molecule has 0 spiro atoms. The van der Waals surface area contributed by atoms with Gasteiger partial charge < -0.3 is 10.2 Å². The molecule has 0 fully saturated rings. The van der Waals surface area contributed by atoms with Crippen LogP contribution in [0.4, 0.5) is 23.2 Å². The summed E-state index contributed by atoms with van der Waals surface area (Å²) in [6, 6.07) is 10.00. The van der Waals surface area contributed by atoms with E-state index in [9.17, 15) is 27.2 Å². The quantitative estimate of drug-likeness (QED) is 0.820. The first-order chi connectivity index (χ1) is 12.2. The average molecular weight is 368 g/mol. The number of benzene rings is 2. The van der Waals surface area contributed by atoms with Crippen molar-refractivity contribution >= 4 is 17.5 Å². The number of carbonyl (C=O) groups excluding carboxylic acids is 2. The highest BCUT2D eigenvalue weighted by Crippen LogP contribution is 2.36. The predicted octanol–water partition coefficient (Wildman–Crippen LogP) is 3.63. The van der Waals surface area contributed by atoms with E-state index < -0.39 is 29.4 Å². The van der Waals surface area contributed by atoms with Crippen molar-refractivity contribution in [2.24, 2.45) is 0 Å². The van der Waals surface area contributed by atoms with E-state index in [1.165, 1.54) is 36.4 Å². The number of hydrogen-bond donors (Lipinski definition) is 1. The lowest BCUT2D eigenvalue weighted by Crippen LogP contribution is -2.38. The van der Waals surface area contributed by atoms with Gasteiger partial charge in [0.2, 0.25) is 5.91 Å². The predicted molar refractivity (Wildman–Crippen MR) is 88.2 cm³/mol. The third-order valence-electron chi connectivity index (χ3n) is 3.62. The van der Waals surface area contributed by atoms with Crippen molar-refractivity contribution in [1.29, 1.82) is 0 Å². The normalized spacial score (nSPS) is 11.1. The second-order valence-corrected chi connectivity index (χ2v) is 5.42. The zero-order valence-corrected chi connectivity index (χ0v) is 13.8. The Balaban J connectivity index is 2.12. The molecule has 2 rings (SSSR count). The minimum atomic E-state index is -4.62. The van der Waals surface area contributed by atoms with Crippen molar-refractivity contribution in [2.75, 3.05) is 18.0 Å². The molecular weight excluding hydrogens is 352 g/mol. The molecule has 0 saturated heterocycles. The minimum Gasteiger partial charge on any atom is -0.350 e. The van der Waals surface area contributed by atoms with Gasteiger partial charge in [-0.25, -0.2) is 4.39 Å². The molecule has 2 aromatic carbocycles. The number of nitrogens with zero attached hydrogens (tertiary/aromatic N) is 1. The summed E-state index contributed by atoms with van der Waals surface area (Å²) in [4.78, 5) is 24.7. The van der Waals surface area contributed by atoms with E-state index in [4.69, 9.17) is 0 Å². The van der Waals surface area contributed by atoms with Gasteiger partial charge in [0.25, 0.3) is 5.91 Å². The fraction of sp³-hybridized carbons (Fsp3) is 0.222. The number of carbonyl (C=O) groups is 2. The number of hydrogen-bond acceptors (Lipinski definition) is 2. The molecule has 0 atom stereocenters. The summed E-state index contributed by atoms with van der Waals surface area (Å²) in [5.74, 6) is -2.03. The van der Waals surface area contributed by atoms with Crippen LogP contribution >= 0.6 is 0 Å². The Bertz CT molecular complexity index is 806. The molecule has 0 aliphatic heterocycles. The maximum absolute atomic E-state index is 13.6. The zero-order valence-electron chi connectivity index (χ0n) is 13.8. The van der Waals surface area contributed by atoms with Gasteiger partial charge in [0, 0.05) is 20.0 Å². The van der Waals surface area contributed by atoms with Gasteiger partial charge in [-0.2, -0.15) is 13.2 Å². The summed E-state index contributed by atoms with van der Waals surface area (Å²) in [5, 5.41) is 2.40. The number of para-hydroxylation sites is 1. The summed E-state index contributed by atoms with van der Waals surface area (Å²) in [6.45, 7) is 0.799. The van der Waals surface area contributed by atoms with Gasteiger partial charge in [-0.05, 0) is 24.3 Å². The third kappa shape index (κ3) is 4.59. The van der Waals surface area contributed by atoms with Gasteiger partial charge in [-0.3, -0.25) is 9.59 Å². The van der Waals surface area contributed by atoms with Crippen LogP contribution in [0.2, 0.25) is 0 Å². The van der Waals surface area contributed by atoms with Crippen molar-refractivity contribution in [1.82, 2.24) is 5.32 Å². The molecule has 8 heteroatoms. The lowest BCUT2D eigenvalue weighted by Gasteiger charge is -2.25. The van der Waals surface area contributed by atoms with Crippen LogP contribution in [0.15, 0.2) is 48.5 Å². The molecule has 26 heavy (non-hydrogen) atoms. The van der Waals surface area contributed by atoms with Crippen LogP contribution in [0.1, 0.15) is 22.8 Å². The van der Waals surface area contributed by atoms with E-state index in [2.05, 4.69) is 5.32 Å². The molecule has 2 amide bonds. The SMILES string of the molecule is CC(=O)N(CCNC(=O)c1ccccc1F)c1ccccc1C(F)(F)F. The maximum Gasteiger partial charge on any atom is 0.418 e. The van der Waals surface area contributed by atoms with Gasteiger partial charge in [0.15, 0.2) is 0 Å².